The van der Waals surface area contributed by atoms with Crippen molar-refractivity contribution in [3.05, 3.63) is 27.5 Å². The Bertz CT molecular complexity index is 450. The van der Waals surface area contributed by atoms with Crippen molar-refractivity contribution >= 4 is 59.0 Å². The van der Waals surface area contributed by atoms with Gasteiger partial charge in [-0.1, -0.05) is 22.0 Å². The molecule has 0 atom stereocenters. The molecule has 0 spiro atoms. The molecule has 2 rings (SSSR count). The lowest BCUT2D eigenvalue weighted by Gasteiger charge is -2.03. The van der Waals surface area contributed by atoms with E-state index in [1.807, 2.05) is 0 Å². The predicted molar refractivity (Wildman–Crippen MR) is 66.6 cm³/mol. The van der Waals surface area contributed by atoms with E-state index >= 15 is 0 Å². The Morgan fingerprint density at radius 2 is 2.15 bits per heavy atom. The van der Waals surface area contributed by atoms with Crippen LogP contribution in [0.5, 0.6) is 0 Å². The normalized spacial score (nSPS) is 10.9. The third-order valence-electron chi connectivity index (χ3n) is 1.97. The van der Waals surface area contributed by atoms with E-state index in [9.17, 15) is 0 Å². The molecule has 4 heteroatoms. The largest absolute Gasteiger partial charge is 0.398 e. The van der Waals surface area contributed by atoms with Gasteiger partial charge in [0.25, 0.3) is 0 Å². The molecule has 0 aliphatic carbocycles. The van der Waals surface area contributed by atoms with Crippen LogP contribution in [0.15, 0.2) is 22.0 Å². The Morgan fingerprint density at radius 3 is 2.85 bits per heavy atom. The number of thiophene rings is 1. The summed E-state index contributed by atoms with van der Waals surface area (Å²) in [5, 5.41) is 4.01. The summed E-state index contributed by atoms with van der Waals surface area (Å²) in [6.45, 7) is 0. The fourth-order valence-corrected chi connectivity index (χ4v) is 3.44. The molecular formula is C9H7Br2NS. The molecule has 0 bridgehead atoms. The third kappa shape index (κ3) is 1.51. The zero-order chi connectivity index (χ0) is 9.42. The predicted octanol–water partition coefficient (Wildman–Crippen LogP) is 4.14. The molecular weight excluding hydrogens is 314 g/mol. The van der Waals surface area contributed by atoms with Gasteiger partial charge in [0.2, 0.25) is 0 Å². The third-order valence-corrected chi connectivity index (χ3v) is 4.45. The van der Waals surface area contributed by atoms with Gasteiger partial charge in [-0.3, -0.25) is 0 Å². The molecule has 0 fully saturated rings. The monoisotopic (exact) mass is 319 g/mol. The Morgan fingerprint density at radius 1 is 1.38 bits per heavy atom. The van der Waals surface area contributed by atoms with Crippen LogP contribution in [0.1, 0.15) is 5.56 Å². The summed E-state index contributed by atoms with van der Waals surface area (Å²) >= 11 is 8.62. The molecule has 0 amide bonds. The minimum atomic E-state index is 0.803. The van der Waals surface area contributed by atoms with Crippen LogP contribution in [-0.4, -0.2) is 0 Å². The standard InChI is InChI=1S/C9H7Br2NS/c10-3-5-1-2-7-8(9(5)12)6(11)4-13-7/h1-2,4H,3,12H2. The summed E-state index contributed by atoms with van der Waals surface area (Å²) in [4.78, 5) is 0. The maximum Gasteiger partial charge on any atom is 0.0454 e. The van der Waals surface area contributed by atoms with Crippen LogP contribution in [0.4, 0.5) is 5.69 Å². The highest BCUT2D eigenvalue weighted by atomic mass is 79.9. The zero-order valence-corrected chi connectivity index (χ0v) is 10.7. The number of anilines is 1. The van der Waals surface area contributed by atoms with Gasteiger partial charge >= 0.3 is 0 Å². The number of hydrogen-bond donors (Lipinski definition) is 1. The second kappa shape index (κ2) is 3.59. The second-order valence-corrected chi connectivity index (χ2v) is 5.06. The molecule has 68 valence electrons. The van der Waals surface area contributed by atoms with Crippen LogP contribution in [0, 0.1) is 0 Å². The average molecular weight is 321 g/mol. The Hall–Kier alpha value is -0.0600. The molecule has 0 radical (unpaired) electrons. The first-order chi connectivity index (χ1) is 6.24. The maximum absolute atomic E-state index is 6.02. The number of alkyl halides is 1. The maximum atomic E-state index is 6.02. The number of rotatable bonds is 1. The lowest BCUT2D eigenvalue weighted by atomic mass is 10.1. The molecule has 1 nitrogen and oxygen atoms in total. The number of halogens is 2. The highest BCUT2D eigenvalue weighted by molar-refractivity contribution is 9.10. The minimum Gasteiger partial charge on any atom is -0.398 e. The van der Waals surface area contributed by atoms with Gasteiger partial charge in [0.15, 0.2) is 0 Å². The topological polar surface area (TPSA) is 26.0 Å². The van der Waals surface area contributed by atoms with Crippen molar-refractivity contribution in [3.63, 3.8) is 0 Å². The highest BCUT2D eigenvalue weighted by Gasteiger charge is 2.07. The van der Waals surface area contributed by atoms with Gasteiger partial charge in [-0.25, -0.2) is 0 Å². The minimum absolute atomic E-state index is 0.803. The Balaban J connectivity index is 2.83. The smallest absolute Gasteiger partial charge is 0.0454 e. The molecule has 1 aromatic carbocycles. The van der Waals surface area contributed by atoms with Crippen LogP contribution in [0.3, 0.4) is 0 Å². The molecule has 0 saturated carbocycles. The van der Waals surface area contributed by atoms with Crippen LogP contribution < -0.4 is 5.73 Å². The quantitative estimate of drug-likeness (QED) is 0.620. The highest BCUT2D eigenvalue weighted by Crippen LogP contribution is 2.36. The first-order valence-corrected chi connectivity index (χ1v) is 6.53. The average Bonchev–Trinajstić information content (AvgIpc) is 2.49. The number of hydrogen-bond acceptors (Lipinski definition) is 2. The van der Waals surface area contributed by atoms with E-state index in [0.717, 1.165) is 26.4 Å². The van der Waals surface area contributed by atoms with Crippen molar-refractivity contribution in [2.75, 3.05) is 5.73 Å². The summed E-state index contributed by atoms with van der Waals surface area (Å²) in [7, 11) is 0. The van der Waals surface area contributed by atoms with E-state index in [1.165, 1.54) is 4.70 Å². The van der Waals surface area contributed by atoms with E-state index in [0.29, 0.717) is 0 Å². The van der Waals surface area contributed by atoms with E-state index in [-0.39, 0.29) is 0 Å². The van der Waals surface area contributed by atoms with Gasteiger partial charge in [-0.2, -0.15) is 0 Å². The van der Waals surface area contributed by atoms with Gasteiger partial charge < -0.3 is 5.73 Å². The summed E-state index contributed by atoms with van der Waals surface area (Å²) < 4.78 is 2.32. The summed E-state index contributed by atoms with van der Waals surface area (Å²) in [6, 6.07) is 4.17. The Kier molecular flexibility index (Phi) is 2.62. The summed E-state index contributed by atoms with van der Waals surface area (Å²) in [5.41, 5.74) is 8.04. The van der Waals surface area contributed by atoms with Crippen molar-refractivity contribution in [1.29, 1.82) is 0 Å². The summed E-state index contributed by atoms with van der Waals surface area (Å²) in [5.74, 6) is 0. The molecule has 0 unspecified atom stereocenters. The fourth-order valence-electron chi connectivity index (χ4n) is 1.28. The van der Waals surface area contributed by atoms with Crippen LogP contribution in [0.25, 0.3) is 10.1 Å². The van der Waals surface area contributed by atoms with E-state index in [4.69, 9.17) is 5.73 Å². The molecule has 0 saturated heterocycles. The molecule has 1 heterocycles. The second-order valence-electron chi connectivity index (χ2n) is 2.73. The SMILES string of the molecule is Nc1c(CBr)ccc2scc(Br)c12. The first kappa shape index (κ1) is 9.49. The fraction of sp³-hybridized carbons (Fsp3) is 0.111. The molecule has 0 aliphatic rings. The number of fused-ring (bicyclic) bond motifs is 1. The van der Waals surface area contributed by atoms with Gasteiger partial charge in [-0.05, 0) is 27.6 Å². The van der Waals surface area contributed by atoms with E-state index in [1.54, 1.807) is 11.3 Å². The number of nitrogens with two attached hydrogens (primary N) is 1. The van der Waals surface area contributed by atoms with Crippen molar-refractivity contribution in [1.82, 2.24) is 0 Å². The van der Waals surface area contributed by atoms with Crippen molar-refractivity contribution in [2.45, 2.75) is 5.33 Å². The zero-order valence-electron chi connectivity index (χ0n) is 6.68. The van der Waals surface area contributed by atoms with Crippen molar-refractivity contribution < 1.29 is 0 Å². The van der Waals surface area contributed by atoms with Crippen LogP contribution in [-0.2, 0) is 5.33 Å². The van der Waals surface area contributed by atoms with Crippen LogP contribution >= 0.6 is 43.2 Å². The van der Waals surface area contributed by atoms with Gasteiger partial charge in [0.05, 0.1) is 0 Å². The lowest BCUT2D eigenvalue weighted by molar-refractivity contribution is 1.47. The molecule has 13 heavy (non-hydrogen) atoms. The number of nitrogen functional groups attached to an aromatic ring is 1. The Labute approximate surface area is 97.2 Å². The molecule has 0 aliphatic heterocycles. The van der Waals surface area contributed by atoms with Gasteiger partial charge in [-0.15, -0.1) is 11.3 Å². The molecule has 1 aromatic heterocycles. The van der Waals surface area contributed by atoms with E-state index in [2.05, 4.69) is 49.4 Å². The molecule has 2 aromatic rings. The van der Waals surface area contributed by atoms with Crippen molar-refractivity contribution in [3.8, 4) is 0 Å². The molecule has 2 N–H and O–H groups in total. The van der Waals surface area contributed by atoms with E-state index < -0.39 is 0 Å². The van der Waals surface area contributed by atoms with Gasteiger partial charge in [0.1, 0.15) is 0 Å². The number of benzene rings is 1. The summed E-state index contributed by atoms with van der Waals surface area (Å²) in [6.07, 6.45) is 0. The lowest BCUT2D eigenvalue weighted by Crippen LogP contribution is -1.91. The first-order valence-electron chi connectivity index (χ1n) is 3.74. The van der Waals surface area contributed by atoms with Crippen molar-refractivity contribution in [2.24, 2.45) is 0 Å². The van der Waals surface area contributed by atoms with Crippen LogP contribution in [0.2, 0.25) is 0 Å². The van der Waals surface area contributed by atoms with Gasteiger partial charge in [0, 0.05) is 31.0 Å².